The summed E-state index contributed by atoms with van der Waals surface area (Å²) >= 11 is 6.17. The highest BCUT2D eigenvalue weighted by Gasteiger charge is 2.31. The van der Waals surface area contributed by atoms with Crippen LogP contribution in [0.5, 0.6) is 0 Å². The Morgan fingerprint density at radius 3 is 3.06 bits per heavy atom. The van der Waals surface area contributed by atoms with Gasteiger partial charge in [0, 0.05) is 29.3 Å². The Hall–Kier alpha value is -0.730. The number of hydrogen-bond acceptors (Lipinski definition) is 2. The van der Waals surface area contributed by atoms with Crippen LogP contribution in [0.25, 0.3) is 0 Å². The molecule has 2 aliphatic heterocycles. The fourth-order valence-electron chi connectivity index (χ4n) is 3.34. The molecule has 1 aromatic carbocycles. The van der Waals surface area contributed by atoms with E-state index >= 15 is 0 Å². The minimum absolute atomic E-state index is 0.613. The van der Waals surface area contributed by atoms with E-state index in [0.717, 1.165) is 11.1 Å². The second-order valence-corrected chi connectivity index (χ2v) is 6.02. The molecule has 2 heterocycles. The number of halogens is 1. The first-order valence-corrected chi connectivity index (χ1v) is 7.37. The molecule has 0 spiro atoms. The predicted octanol–water partition coefficient (Wildman–Crippen LogP) is 3.69. The summed E-state index contributed by atoms with van der Waals surface area (Å²) in [4.78, 5) is 2.66. The average molecular weight is 265 g/mol. The van der Waals surface area contributed by atoms with Gasteiger partial charge in [-0.25, -0.2) is 0 Å². The van der Waals surface area contributed by atoms with Gasteiger partial charge in [0.2, 0.25) is 0 Å². The van der Waals surface area contributed by atoms with Gasteiger partial charge in [-0.2, -0.15) is 0 Å². The van der Waals surface area contributed by atoms with E-state index < -0.39 is 0 Å². The largest absolute Gasteiger partial charge is 0.382 e. The molecule has 1 aromatic rings. The fraction of sp³-hybridized carbons (Fsp3) is 0.600. The lowest BCUT2D eigenvalue weighted by atomic mass is 9.97. The van der Waals surface area contributed by atoms with Gasteiger partial charge >= 0.3 is 0 Å². The summed E-state index contributed by atoms with van der Waals surface area (Å²) in [6, 6.07) is 7.56. The standard InChI is InChI=1S/C15H21ClN2/c1-11-14(16)5-2-6-15(11)17-12-7-9-18-8-3-4-13(18)10-12/h2,5-6,12-13,17H,3-4,7-10H2,1H3. The van der Waals surface area contributed by atoms with Crippen molar-refractivity contribution >= 4 is 17.3 Å². The average Bonchev–Trinajstić information content (AvgIpc) is 2.82. The normalized spacial score (nSPS) is 28.1. The van der Waals surface area contributed by atoms with Gasteiger partial charge in [-0.05, 0) is 56.8 Å². The monoisotopic (exact) mass is 264 g/mol. The van der Waals surface area contributed by atoms with Gasteiger partial charge in [0.05, 0.1) is 0 Å². The Morgan fingerprint density at radius 1 is 1.28 bits per heavy atom. The Kier molecular flexibility index (Phi) is 3.49. The van der Waals surface area contributed by atoms with E-state index in [2.05, 4.69) is 23.2 Å². The van der Waals surface area contributed by atoms with E-state index in [1.165, 1.54) is 50.0 Å². The zero-order chi connectivity index (χ0) is 12.5. The lowest BCUT2D eigenvalue weighted by molar-refractivity contribution is 0.188. The summed E-state index contributed by atoms with van der Waals surface area (Å²) in [6.45, 7) is 4.66. The topological polar surface area (TPSA) is 15.3 Å². The highest BCUT2D eigenvalue weighted by atomic mass is 35.5. The molecule has 2 aliphatic rings. The van der Waals surface area contributed by atoms with Crippen LogP contribution in [0.15, 0.2) is 18.2 Å². The van der Waals surface area contributed by atoms with Crippen LogP contribution in [0.4, 0.5) is 5.69 Å². The molecule has 2 fully saturated rings. The zero-order valence-corrected chi connectivity index (χ0v) is 11.7. The van der Waals surface area contributed by atoms with Gasteiger partial charge in [-0.15, -0.1) is 0 Å². The van der Waals surface area contributed by atoms with Crippen molar-refractivity contribution in [1.82, 2.24) is 4.90 Å². The second kappa shape index (κ2) is 5.10. The lowest BCUT2D eigenvalue weighted by Crippen LogP contribution is -2.42. The molecule has 0 saturated carbocycles. The van der Waals surface area contributed by atoms with E-state index in [9.17, 15) is 0 Å². The summed E-state index contributed by atoms with van der Waals surface area (Å²) in [5.41, 5.74) is 2.38. The molecular weight excluding hydrogens is 244 g/mol. The van der Waals surface area contributed by atoms with Crippen LogP contribution in [0, 0.1) is 6.92 Å². The molecule has 0 bridgehead atoms. The number of anilines is 1. The third kappa shape index (κ3) is 2.36. The Labute approximate surface area is 114 Å². The molecule has 98 valence electrons. The van der Waals surface area contributed by atoms with Crippen LogP contribution in [0.1, 0.15) is 31.2 Å². The number of benzene rings is 1. The summed E-state index contributed by atoms with van der Waals surface area (Å²) in [7, 11) is 0. The van der Waals surface area contributed by atoms with Gasteiger partial charge in [-0.1, -0.05) is 17.7 Å². The van der Waals surface area contributed by atoms with E-state index in [0.29, 0.717) is 6.04 Å². The van der Waals surface area contributed by atoms with Gasteiger partial charge < -0.3 is 10.2 Å². The summed E-state index contributed by atoms with van der Waals surface area (Å²) in [6.07, 6.45) is 5.30. The molecular formula is C15H21ClN2. The Balaban J connectivity index is 1.68. The van der Waals surface area contributed by atoms with E-state index in [-0.39, 0.29) is 0 Å². The van der Waals surface area contributed by atoms with Crippen LogP contribution >= 0.6 is 11.6 Å². The maximum atomic E-state index is 6.17. The summed E-state index contributed by atoms with van der Waals surface area (Å²) in [5.74, 6) is 0. The Bertz CT molecular complexity index is 433. The van der Waals surface area contributed by atoms with Crippen molar-refractivity contribution in [3.8, 4) is 0 Å². The second-order valence-electron chi connectivity index (χ2n) is 5.61. The fourth-order valence-corrected chi connectivity index (χ4v) is 3.51. The van der Waals surface area contributed by atoms with Gasteiger partial charge in [0.25, 0.3) is 0 Å². The maximum absolute atomic E-state index is 6.17. The van der Waals surface area contributed by atoms with Crippen molar-refractivity contribution in [2.24, 2.45) is 0 Å². The molecule has 0 aromatic heterocycles. The highest BCUT2D eigenvalue weighted by molar-refractivity contribution is 6.31. The molecule has 18 heavy (non-hydrogen) atoms. The first-order valence-electron chi connectivity index (χ1n) is 7.00. The molecule has 3 rings (SSSR count). The molecule has 0 amide bonds. The number of nitrogens with one attached hydrogen (secondary N) is 1. The number of piperidine rings is 1. The van der Waals surface area contributed by atoms with Gasteiger partial charge in [0.15, 0.2) is 0 Å². The van der Waals surface area contributed by atoms with Crippen molar-refractivity contribution in [3.63, 3.8) is 0 Å². The van der Waals surface area contributed by atoms with Crippen molar-refractivity contribution in [3.05, 3.63) is 28.8 Å². The van der Waals surface area contributed by atoms with Crippen LogP contribution in [-0.2, 0) is 0 Å². The molecule has 2 atom stereocenters. The Morgan fingerprint density at radius 2 is 2.17 bits per heavy atom. The molecule has 0 radical (unpaired) electrons. The third-order valence-electron chi connectivity index (χ3n) is 4.45. The molecule has 2 saturated heterocycles. The van der Waals surface area contributed by atoms with Crippen LogP contribution in [0.2, 0.25) is 5.02 Å². The lowest BCUT2D eigenvalue weighted by Gasteiger charge is -2.35. The maximum Gasteiger partial charge on any atom is 0.0455 e. The van der Waals surface area contributed by atoms with E-state index in [4.69, 9.17) is 11.6 Å². The summed E-state index contributed by atoms with van der Waals surface area (Å²) in [5, 5.41) is 4.55. The van der Waals surface area contributed by atoms with Crippen molar-refractivity contribution in [1.29, 1.82) is 0 Å². The van der Waals surface area contributed by atoms with E-state index in [1.807, 2.05) is 12.1 Å². The van der Waals surface area contributed by atoms with Crippen molar-refractivity contribution in [2.45, 2.75) is 44.7 Å². The molecule has 2 nitrogen and oxygen atoms in total. The summed E-state index contributed by atoms with van der Waals surface area (Å²) < 4.78 is 0. The quantitative estimate of drug-likeness (QED) is 0.877. The predicted molar refractivity (Wildman–Crippen MR) is 77.4 cm³/mol. The van der Waals surface area contributed by atoms with Gasteiger partial charge in [0.1, 0.15) is 0 Å². The smallest absolute Gasteiger partial charge is 0.0455 e. The van der Waals surface area contributed by atoms with Crippen LogP contribution in [-0.4, -0.2) is 30.1 Å². The minimum Gasteiger partial charge on any atom is -0.382 e. The van der Waals surface area contributed by atoms with E-state index in [1.54, 1.807) is 0 Å². The van der Waals surface area contributed by atoms with Crippen LogP contribution in [0.3, 0.4) is 0 Å². The highest BCUT2D eigenvalue weighted by Crippen LogP contribution is 2.30. The first-order chi connectivity index (χ1) is 8.74. The number of hydrogen-bond donors (Lipinski definition) is 1. The number of fused-ring (bicyclic) bond motifs is 1. The molecule has 1 N–H and O–H groups in total. The van der Waals surface area contributed by atoms with Crippen molar-refractivity contribution in [2.75, 3.05) is 18.4 Å². The van der Waals surface area contributed by atoms with Crippen LogP contribution < -0.4 is 5.32 Å². The SMILES string of the molecule is Cc1c(Cl)cccc1NC1CCN2CCCC2C1. The third-order valence-corrected chi connectivity index (χ3v) is 4.86. The molecule has 2 unspecified atom stereocenters. The van der Waals surface area contributed by atoms with Crippen molar-refractivity contribution < 1.29 is 0 Å². The minimum atomic E-state index is 0.613. The molecule has 0 aliphatic carbocycles. The molecule has 3 heteroatoms. The zero-order valence-electron chi connectivity index (χ0n) is 11.0. The first kappa shape index (κ1) is 12.3. The van der Waals surface area contributed by atoms with Gasteiger partial charge in [-0.3, -0.25) is 0 Å². The number of rotatable bonds is 2. The number of nitrogens with zero attached hydrogens (tertiary/aromatic N) is 1.